The third-order valence-electron chi connectivity index (χ3n) is 3.34. The minimum atomic E-state index is -1.09. The molecule has 0 aliphatic rings. The third-order valence-corrected chi connectivity index (χ3v) is 3.34. The highest BCUT2D eigenvalue weighted by molar-refractivity contribution is 5.96. The fourth-order valence-corrected chi connectivity index (χ4v) is 2.20. The van der Waals surface area contributed by atoms with Gasteiger partial charge in [-0.3, -0.25) is 4.79 Å². The van der Waals surface area contributed by atoms with Crippen LogP contribution in [0.15, 0.2) is 48.5 Å². The van der Waals surface area contributed by atoms with E-state index in [4.69, 9.17) is 19.3 Å². The number of carboxylic acid groups (broad SMARTS) is 1. The number of ether oxygens (including phenoxy) is 3. The number of carbonyl (C=O) groups is 2. The smallest absolute Gasteiger partial charge is 0.335 e. The van der Waals surface area contributed by atoms with Crippen molar-refractivity contribution in [2.24, 2.45) is 0 Å². The number of anilines is 1. The SMILES string of the molecule is CC(C)Oc1ccc(C(=O)O)cc1NC(=O)COCCOc1ccccc1. The largest absolute Gasteiger partial charge is 0.491 e. The van der Waals surface area contributed by atoms with Crippen LogP contribution in [0.5, 0.6) is 11.5 Å². The topological polar surface area (TPSA) is 94.1 Å². The Morgan fingerprint density at radius 2 is 1.81 bits per heavy atom. The zero-order valence-electron chi connectivity index (χ0n) is 15.3. The van der Waals surface area contributed by atoms with Gasteiger partial charge < -0.3 is 24.6 Å². The summed E-state index contributed by atoms with van der Waals surface area (Å²) in [6.07, 6.45) is -0.122. The van der Waals surface area contributed by atoms with Gasteiger partial charge in [0.1, 0.15) is 24.7 Å². The molecule has 2 rings (SSSR count). The lowest BCUT2D eigenvalue weighted by Gasteiger charge is -2.15. The van der Waals surface area contributed by atoms with Crippen molar-refractivity contribution >= 4 is 17.6 Å². The van der Waals surface area contributed by atoms with Gasteiger partial charge in [0.2, 0.25) is 5.91 Å². The number of para-hydroxylation sites is 1. The number of amides is 1. The van der Waals surface area contributed by atoms with Gasteiger partial charge in [0.25, 0.3) is 0 Å². The maximum atomic E-state index is 12.1. The molecule has 144 valence electrons. The van der Waals surface area contributed by atoms with E-state index in [1.165, 1.54) is 18.2 Å². The second kappa shape index (κ2) is 10.2. The van der Waals surface area contributed by atoms with E-state index in [9.17, 15) is 9.59 Å². The number of benzene rings is 2. The van der Waals surface area contributed by atoms with Crippen LogP contribution in [-0.4, -0.2) is 42.9 Å². The molecule has 0 aromatic heterocycles. The van der Waals surface area contributed by atoms with Crippen LogP contribution in [0.4, 0.5) is 5.69 Å². The highest BCUT2D eigenvalue weighted by Crippen LogP contribution is 2.27. The van der Waals surface area contributed by atoms with Crippen LogP contribution in [0, 0.1) is 0 Å². The second-order valence-electron chi connectivity index (χ2n) is 5.94. The van der Waals surface area contributed by atoms with E-state index in [-0.39, 0.29) is 30.6 Å². The standard InChI is InChI=1S/C20H23NO6/c1-14(2)27-18-9-8-15(20(23)24)12-17(18)21-19(22)13-25-10-11-26-16-6-4-3-5-7-16/h3-9,12,14H,10-11,13H2,1-2H3,(H,21,22)(H,23,24). The van der Waals surface area contributed by atoms with Crippen LogP contribution in [0.2, 0.25) is 0 Å². The van der Waals surface area contributed by atoms with E-state index in [0.29, 0.717) is 12.4 Å². The molecular formula is C20H23NO6. The van der Waals surface area contributed by atoms with Gasteiger partial charge in [0, 0.05) is 0 Å². The molecule has 2 N–H and O–H groups in total. The predicted octanol–water partition coefficient (Wildman–Crippen LogP) is 3.21. The summed E-state index contributed by atoms with van der Waals surface area (Å²) in [7, 11) is 0. The van der Waals surface area contributed by atoms with Gasteiger partial charge in [-0.05, 0) is 44.2 Å². The van der Waals surface area contributed by atoms with Crippen LogP contribution in [0.3, 0.4) is 0 Å². The number of hydrogen-bond acceptors (Lipinski definition) is 5. The molecule has 0 radical (unpaired) electrons. The molecule has 2 aromatic carbocycles. The van der Waals surface area contributed by atoms with Crippen LogP contribution < -0.4 is 14.8 Å². The van der Waals surface area contributed by atoms with Gasteiger partial charge in [-0.1, -0.05) is 18.2 Å². The number of rotatable bonds is 10. The van der Waals surface area contributed by atoms with Gasteiger partial charge in [-0.25, -0.2) is 4.79 Å². The van der Waals surface area contributed by atoms with Crippen molar-refractivity contribution in [2.75, 3.05) is 25.1 Å². The van der Waals surface area contributed by atoms with Crippen molar-refractivity contribution in [1.82, 2.24) is 0 Å². The number of aromatic carboxylic acids is 1. The Balaban J connectivity index is 1.84. The molecule has 0 bridgehead atoms. The molecule has 0 saturated carbocycles. The van der Waals surface area contributed by atoms with Crippen LogP contribution in [-0.2, 0) is 9.53 Å². The van der Waals surface area contributed by atoms with Gasteiger partial charge in [0.15, 0.2) is 0 Å². The lowest BCUT2D eigenvalue weighted by Crippen LogP contribution is -2.21. The van der Waals surface area contributed by atoms with Gasteiger partial charge >= 0.3 is 5.97 Å². The molecule has 0 fully saturated rings. The molecule has 0 atom stereocenters. The summed E-state index contributed by atoms with van der Waals surface area (Å²) in [6, 6.07) is 13.6. The summed E-state index contributed by atoms with van der Waals surface area (Å²) in [4.78, 5) is 23.2. The van der Waals surface area contributed by atoms with E-state index >= 15 is 0 Å². The zero-order valence-corrected chi connectivity index (χ0v) is 15.3. The zero-order chi connectivity index (χ0) is 19.6. The Bertz CT molecular complexity index is 760. The predicted molar refractivity (Wildman–Crippen MR) is 101 cm³/mol. The number of nitrogens with one attached hydrogen (secondary N) is 1. The van der Waals surface area contributed by atoms with Crippen LogP contribution >= 0.6 is 0 Å². The van der Waals surface area contributed by atoms with E-state index in [1.54, 1.807) is 0 Å². The second-order valence-corrected chi connectivity index (χ2v) is 5.94. The normalized spacial score (nSPS) is 10.5. The fourth-order valence-electron chi connectivity index (χ4n) is 2.20. The fraction of sp³-hybridized carbons (Fsp3) is 0.300. The lowest BCUT2D eigenvalue weighted by atomic mass is 10.2. The van der Waals surface area contributed by atoms with Crippen LogP contribution in [0.25, 0.3) is 0 Å². The monoisotopic (exact) mass is 373 g/mol. The third kappa shape index (κ3) is 6.99. The Morgan fingerprint density at radius 3 is 2.48 bits per heavy atom. The molecule has 7 heteroatoms. The number of carboxylic acids is 1. The Kier molecular flexibility index (Phi) is 7.63. The first-order valence-electron chi connectivity index (χ1n) is 8.55. The summed E-state index contributed by atoms with van der Waals surface area (Å²) < 4.78 is 16.4. The highest BCUT2D eigenvalue weighted by atomic mass is 16.5. The van der Waals surface area contributed by atoms with Crippen molar-refractivity contribution < 1.29 is 28.9 Å². The van der Waals surface area contributed by atoms with E-state index in [0.717, 1.165) is 5.75 Å². The lowest BCUT2D eigenvalue weighted by molar-refractivity contribution is -0.120. The first-order chi connectivity index (χ1) is 13.0. The van der Waals surface area contributed by atoms with Crippen molar-refractivity contribution in [1.29, 1.82) is 0 Å². The summed E-state index contributed by atoms with van der Waals surface area (Å²) in [5, 5.41) is 11.7. The number of hydrogen-bond donors (Lipinski definition) is 2. The molecule has 0 aliphatic heterocycles. The Morgan fingerprint density at radius 1 is 1.07 bits per heavy atom. The molecule has 7 nitrogen and oxygen atoms in total. The van der Waals surface area contributed by atoms with Crippen molar-refractivity contribution in [3.8, 4) is 11.5 Å². The summed E-state index contributed by atoms with van der Waals surface area (Å²) in [5.41, 5.74) is 0.344. The first-order valence-corrected chi connectivity index (χ1v) is 8.55. The molecule has 2 aromatic rings. The van der Waals surface area contributed by atoms with E-state index in [2.05, 4.69) is 5.32 Å². The summed E-state index contributed by atoms with van der Waals surface area (Å²) in [6.45, 7) is 4.05. The maximum Gasteiger partial charge on any atom is 0.335 e. The van der Waals surface area contributed by atoms with E-state index in [1.807, 2.05) is 44.2 Å². The molecule has 0 spiro atoms. The van der Waals surface area contributed by atoms with Gasteiger partial charge in [0.05, 0.1) is 24.0 Å². The quantitative estimate of drug-likeness (QED) is 0.621. The average molecular weight is 373 g/mol. The van der Waals surface area contributed by atoms with Gasteiger partial charge in [-0.15, -0.1) is 0 Å². The minimum Gasteiger partial charge on any atom is -0.491 e. The highest BCUT2D eigenvalue weighted by Gasteiger charge is 2.13. The molecule has 27 heavy (non-hydrogen) atoms. The molecule has 0 saturated heterocycles. The van der Waals surface area contributed by atoms with Crippen molar-refractivity contribution in [3.63, 3.8) is 0 Å². The molecule has 0 aliphatic carbocycles. The molecule has 1 amide bonds. The molecule has 0 unspecified atom stereocenters. The first kappa shape index (κ1) is 20.3. The minimum absolute atomic E-state index is 0.0542. The van der Waals surface area contributed by atoms with Crippen LogP contribution in [0.1, 0.15) is 24.2 Å². The summed E-state index contributed by atoms with van der Waals surface area (Å²) in [5.74, 6) is -0.371. The number of carbonyl (C=O) groups excluding carboxylic acids is 1. The summed E-state index contributed by atoms with van der Waals surface area (Å²) >= 11 is 0. The van der Waals surface area contributed by atoms with Gasteiger partial charge in [-0.2, -0.15) is 0 Å². The molecular weight excluding hydrogens is 350 g/mol. The van der Waals surface area contributed by atoms with Crippen molar-refractivity contribution in [3.05, 3.63) is 54.1 Å². The van der Waals surface area contributed by atoms with Crippen molar-refractivity contribution in [2.45, 2.75) is 20.0 Å². The average Bonchev–Trinajstić information content (AvgIpc) is 2.63. The Hall–Kier alpha value is -3.06. The Labute approximate surface area is 157 Å². The van der Waals surface area contributed by atoms with E-state index < -0.39 is 11.9 Å². The molecule has 0 heterocycles. The maximum absolute atomic E-state index is 12.1.